The Morgan fingerprint density at radius 1 is 0.929 bits per heavy atom. The molecule has 3 unspecified atom stereocenters. The van der Waals surface area contributed by atoms with Crippen molar-refractivity contribution in [2.45, 2.75) is 117 Å². The van der Waals surface area contributed by atoms with Crippen LogP contribution in [0.5, 0.6) is 0 Å². The summed E-state index contributed by atoms with van der Waals surface area (Å²) in [6.07, 6.45) is 15.7. The zero-order valence-electron chi connectivity index (χ0n) is 18.5. The Labute approximate surface area is 172 Å². The summed E-state index contributed by atoms with van der Waals surface area (Å²) in [5.74, 6) is -1.52. The highest BCUT2D eigenvalue weighted by Gasteiger charge is 2.50. The Kier molecular flexibility index (Phi) is 11.8. The monoisotopic (exact) mass is 396 g/mol. The number of hydrogen-bond donors (Lipinski definition) is 2. The van der Waals surface area contributed by atoms with Gasteiger partial charge in [0.25, 0.3) is 0 Å². The molecule has 0 bridgehead atoms. The second kappa shape index (κ2) is 13.2. The van der Waals surface area contributed by atoms with E-state index in [1.165, 1.54) is 51.4 Å². The maximum Gasteiger partial charge on any atom is 0.309 e. The molecule has 1 rings (SSSR count). The Bertz CT molecular complexity index is 460. The van der Waals surface area contributed by atoms with Crippen LogP contribution in [0.25, 0.3) is 0 Å². The molecule has 28 heavy (non-hydrogen) atoms. The summed E-state index contributed by atoms with van der Waals surface area (Å²) >= 11 is 0. The lowest BCUT2D eigenvalue weighted by Gasteiger charge is -2.44. The van der Waals surface area contributed by atoms with Crippen molar-refractivity contribution in [3.63, 3.8) is 0 Å². The lowest BCUT2D eigenvalue weighted by atomic mass is 9.59. The molecular formula is C24H44O4. The van der Waals surface area contributed by atoms with Crippen LogP contribution in [-0.4, -0.2) is 22.2 Å². The summed E-state index contributed by atoms with van der Waals surface area (Å²) in [6.45, 7) is 6.39. The van der Waals surface area contributed by atoms with Gasteiger partial charge in [0.05, 0.1) is 11.3 Å². The highest BCUT2D eigenvalue weighted by molar-refractivity contribution is 5.76. The molecule has 1 aliphatic rings. The normalized spacial score (nSPS) is 25.1. The summed E-state index contributed by atoms with van der Waals surface area (Å²) in [5.41, 5.74) is -0.723. The van der Waals surface area contributed by atoms with Crippen molar-refractivity contribution in [2.75, 3.05) is 0 Å². The fraction of sp³-hybridized carbons (Fsp3) is 0.917. The van der Waals surface area contributed by atoms with Crippen molar-refractivity contribution < 1.29 is 19.8 Å². The number of carboxylic acid groups (broad SMARTS) is 2. The smallest absolute Gasteiger partial charge is 0.309 e. The third-order valence-electron chi connectivity index (χ3n) is 6.74. The summed E-state index contributed by atoms with van der Waals surface area (Å²) < 4.78 is 0. The number of unbranched alkanes of at least 4 members (excludes halogenated alkanes) is 9. The van der Waals surface area contributed by atoms with Gasteiger partial charge >= 0.3 is 11.9 Å². The van der Waals surface area contributed by atoms with Gasteiger partial charge in [0, 0.05) is 0 Å². The lowest BCUT2D eigenvalue weighted by Crippen LogP contribution is -2.45. The highest BCUT2D eigenvalue weighted by atomic mass is 16.4. The van der Waals surface area contributed by atoms with Gasteiger partial charge in [-0.25, -0.2) is 0 Å². The molecule has 0 spiro atoms. The number of aliphatic carboxylic acids is 2. The third kappa shape index (κ3) is 8.13. The van der Waals surface area contributed by atoms with Crippen LogP contribution >= 0.6 is 0 Å². The van der Waals surface area contributed by atoms with E-state index in [0.717, 1.165) is 19.3 Å². The van der Waals surface area contributed by atoms with Crippen LogP contribution in [0.15, 0.2) is 0 Å². The van der Waals surface area contributed by atoms with E-state index in [9.17, 15) is 19.8 Å². The molecule has 1 fully saturated rings. The molecule has 0 radical (unpaired) electrons. The van der Waals surface area contributed by atoms with E-state index in [0.29, 0.717) is 31.6 Å². The maximum absolute atomic E-state index is 12.2. The Hall–Kier alpha value is -1.06. The van der Waals surface area contributed by atoms with Gasteiger partial charge in [-0.2, -0.15) is 0 Å². The largest absolute Gasteiger partial charge is 0.481 e. The zero-order chi connectivity index (χ0) is 21.0. The van der Waals surface area contributed by atoms with Gasteiger partial charge in [-0.1, -0.05) is 85.0 Å². The zero-order valence-corrected chi connectivity index (χ0v) is 18.5. The summed E-state index contributed by atoms with van der Waals surface area (Å²) in [7, 11) is 0. The van der Waals surface area contributed by atoms with Crippen LogP contribution in [0.2, 0.25) is 0 Å². The second-order valence-corrected chi connectivity index (χ2v) is 9.54. The average molecular weight is 397 g/mol. The van der Waals surface area contributed by atoms with Crippen molar-refractivity contribution in [3.05, 3.63) is 0 Å². The van der Waals surface area contributed by atoms with Crippen molar-refractivity contribution in [1.82, 2.24) is 0 Å². The Morgan fingerprint density at radius 2 is 1.46 bits per heavy atom. The molecule has 164 valence electrons. The predicted octanol–water partition coefficient (Wildman–Crippen LogP) is 6.92. The Balaban J connectivity index is 2.47. The molecule has 0 heterocycles. The average Bonchev–Trinajstić information content (AvgIpc) is 2.63. The molecule has 0 aromatic carbocycles. The minimum Gasteiger partial charge on any atom is -0.481 e. The van der Waals surface area contributed by atoms with Crippen LogP contribution < -0.4 is 0 Å². The van der Waals surface area contributed by atoms with Crippen LogP contribution in [0.4, 0.5) is 0 Å². The first kappa shape index (κ1) is 25.0. The van der Waals surface area contributed by atoms with Gasteiger partial charge in [-0.15, -0.1) is 0 Å². The van der Waals surface area contributed by atoms with E-state index >= 15 is 0 Å². The quantitative estimate of drug-likeness (QED) is 0.295. The second-order valence-electron chi connectivity index (χ2n) is 9.54. The molecule has 2 N–H and O–H groups in total. The lowest BCUT2D eigenvalue weighted by molar-refractivity contribution is -0.162. The van der Waals surface area contributed by atoms with E-state index in [-0.39, 0.29) is 11.8 Å². The van der Waals surface area contributed by atoms with Crippen LogP contribution in [0.1, 0.15) is 117 Å². The van der Waals surface area contributed by atoms with Crippen molar-refractivity contribution in [3.8, 4) is 0 Å². The first-order valence-corrected chi connectivity index (χ1v) is 11.8. The number of carboxylic acids is 2. The van der Waals surface area contributed by atoms with Gasteiger partial charge in [0.1, 0.15) is 0 Å². The topological polar surface area (TPSA) is 74.6 Å². The fourth-order valence-electron chi connectivity index (χ4n) is 5.19. The van der Waals surface area contributed by atoms with E-state index in [1.807, 2.05) is 0 Å². The van der Waals surface area contributed by atoms with E-state index < -0.39 is 17.4 Å². The fourth-order valence-corrected chi connectivity index (χ4v) is 5.19. The number of rotatable bonds is 15. The Morgan fingerprint density at radius 3 is 1.93 bits per heavy atom. The minimum absolute atomic E-state index is 0.00343. The van der Waals surface area contributed by atoms with Crippen LogP contribution in [-0.2, 0) is 9.59 Å². The van der Waals surface area contributed by atoms with Gasteiger partial charge < -0.3 is 10.2 Å². The highest BCUT2D eigenvalue weighted by Crippen LogP contribution is 2.50. The summed E-state index contributed by atoms with van der Waals surface area (Å²) in [4.78, 5) is 23.7. The van der Waals surface area contributed by atoms with Gasteiger partial charge in [0.2, 0.25) is 0 Å². The van der Waals surface area contributed by atoms with Crippen molar-refractivity contribution in [1.29, 1.82) is 0 Å². The molecule has 4 heteroatoms. The van der Waals surface area contributed by atoms with Gasteiger partial charge in [-0.05, 0) is 43.9 Å². The van der Waals surface area contributed by atoms with Crippen molar-refractivity contribution in [2.24, 2.45) is 23.2 Å². The summed E-state index contributed by atoms with van der Waals surface area (Å²) in [6, 6.07) is 0. The molecular weight excluding hydrogens is 352 g/mol. The summed E-state index contributed by atoms with van der Waals surface area (Å²) in [5, 5.41) is 19.5. The number of hydrogen-bond acceptors (Lipinski definition) is 2. The molecule has 0 aliphatic heterocycles. The maximum atomic E-state index is 12.2. The van der Waals surface area contributed by atoms with Gasteiger partial charge in [0.15, 0.2) is 0 Å². The predicted molar refractivity (Wildman–Crippen MR) is 114 cm³/mol. The molecule has 0 aromatic heterocycles. The van der Waals surface area contributed by atoms with Crippen LogP contribution in [0.3, 0.4) is 0 Å². The van der Waals surface area contributed by atoms with Crippen molar-refractivity contribution >= 4 is 11.9 Å². The van der Waals surface area contributed by atoms with E-state index in [2.05, 4.69) is 20.8 Å². The SMILES string of the molecule is CCCCCCCCCCCCC1CC(C(=O)O)CCC1(CC(C)C)C(=O)O. The van der Waals surface area contributed by atoms with E-state index in [4.69, 9.17) is 0 Å². The van der Waals surface area contributed by atoms with Crippen LogP contribution in [0, 0.1) is 23.2 Å². The minimum atomic E-state index is -0.753. The molecule has 1 aliphatic carbocycles. The molecule has 0 amide bonds. The first-order valence-electron chi connectivity index (χ1n) is 11.8. The molecule has 0 saturated heterocycles. The molecule has 4 nitrogen and oxygen atoms in total. The molecule has 0 aromatic rings. The molecule has 1 saturated carbocycles. The first-order chi connectivity index (χ1) is 13.3. The molecule has 3 atom stereocenters. The van der Waals surface area contributed by atoms with Gasteiger partial charge in [-0.3, -0.25) is 9.59 Å². The third-order valence-corrected chi connectivity index (χ3v) is 6.74. The number of carbonyl (C=O) groups is 2. The standard InChI is InChI=1S/C24H44O4/c1-4-5-6-7-8-9-10-11-12-13-14-21-17-20(22(25)26)15-16-24(21,23(27)28)18-19(2)3/h19-21H,4-18H2,1-3H3,(H,25,26)(H,27,28). The van der Waals surface area contributed by atoms with E-state index in [1.54, 1.807) is 0 Å².